The van der Waals surface area contributed by atoms with Crippen LogP contribution in [-0.4, -0.2) is 33.7 Å². The Bertz CT molecular complexity index is 506. The van der Waals surface area contributed by atoms with E-state index in [-0.39, 0.29) is 11.5 Å². The first-order chi connectivity index (χ1) is 9.98. The minimum atomic E-state index is -0.639. The zero-order valence-corrected chi connectivity index (χ0v) is 13.5. The smallest absolute Gasteiger partial charge is 0.251 e. The van der Waals surface area contributed by atoms with Crippen molar-refractivity contribution in [2.45, 2.75) is 50.2 Å². The summed E-state index contributed by atoms with van der Waals surface area (Å²) in [6.07, 6.45) is 4.99. The fraction of sp³-hybridized carbons (Fsp3) is 0.643. The number of rotatable bonds is 10. The molecule has 1 amide bonds. The van der Waals surface area contributed by atoms with Crippen LogP contribution in [0.1, 0.15) is 39.5 Å². The highest BCUT2D eigenvalue weighted by Crippen LogP contribution is 2.17. The second-order valence-electron chi connectivity index (χ2n) is 5.17. The number of unbranched alkanes of at least 4 members (excludes halogenated alkanes) is 1. The normalized spacial score (nSPS) is 13.8. The Morgan fingerprint density at radius 1 is 1.52 bits per heavy atom. The maximum Gasteiger partial charge on any atom is 0.251 e. The second kappa shape index (κ2) is 8.84. The summed E-state index contributed by atoms with van der Waals surface area (Å²) >= 11 is 1.51. The van der Waals surface area contributed by atoms with Gasteiger partial charge in [-0.1, -0.05) is 25.1 Å². The largest absolute Gasteiger partial charge is 0.368 e. The molecule has 1 rings (SSSR count). The Hall–Kier alpha value is -1.34. The molecule has 0 bridgehead atoms. The van der Waals surface area contributed by atoms with E-state index in [9.17, 15) is 9.59 Å². The number of nitrogens with zero attached hydrogens (tertiary/aromatic N) is 1. The van der Waals surface area contributed by atoms with E-state index in [0.717, 1.165) is 31.6 Å². The summed E-state index contributed by atoms with van der Waals surface area (Å²) in [4.78, 5) is 29.4. The van der Waals surface area contributed by atoms with E-state index in [1.807, 2.05) is 6.92 Å². The maximum absolute atomic E-state index is 11.6. The van der Waals surface area contributed by atoms with Gasteiger partial charge in [0, 0.05) is 18.0 Å². The molecular weight excluding hydrogens is 288 g/mol. The lowest BCUT2D eigenvalue weighted by Gasteiger charge is -2.27. The van der Waals surface area contributed by atoms with E-state index in [4.69, 9.17) is 5.73 Å². The van der Waals surface area contributed by atoms with E-state index < -0.39 is 5.54 Å². The Morgan fingerprint density at radius 3 is 2.90 bits per heavy atom. The van der Waals surface area contributed by atoms with E-state index in [1.54, 1.807) is 0 Å². The molecule has 0 saturated carbocycles. The summed E-state index contributed by atoms with van der Waals surface area (Å²) in [6.45, 7) is 4.69. The monoisotopic (exact) mass is 312 g/mol. The van der Waals surface area contributed by atoms with Gasteiger partial charge in [0.15, 0.2) is 5.16 Å². The quantitative estimate of drug-likeness (QED) is 0.343. The summed E-state index contributed by atoms with van der Waals surface area (Å²) in [5, 5.41) is 3.85. The summed E-state index contributed by atoms with van der Waals surface area (Å²) in [7, 11) is 0. The van der Waals surface area contributed by atoms with Crippen molar-refractivity contribution in [3.05, 3.63) is 22.6 Å². The average molecular weight is 312 g/mol. The van der Waals surface area contributed by atoms with Crippen LogP contribution in [0.5, 0.6) is 0 Å². The van der Waals surface area contributed by atoms with Crippen LogP contribution in [0.3, 0.4) is 0 Å². The van der Waals surface area contributed by atoms with Crippen LogP contribution in [0.25, 0.3) is 0 Å². The first-order valence-electron chi connectivity index (χ1n) is 7.21. The van der Waals surface area contributed by atoms with Crippen LogP contribution in [0.4, 0.5) is 0 Å². The van der Waals surface area contributed by atoms with Gasteiger partial charge in [-0.2, -0.15) is 0 Å². The first-order valence-corrected chi connectivity index (χ1v) is 8.19. The molecule has 1 aromatic rings. The zero-order valence-electron chi connectivity index (χ0n) is 12.6. The SMILES string of the molecule is CCCNC(C)(CCCCSc1nccc(=O)[nH]1)C(N)=O. The number of carbonyl (C=O) groups excluding carboxylic acids is 1. The third-order valence-electron chi connectivity index (χ3n) is 3.27. The predicted molar refractivity (Wildman–Crippen MR) is 85.3 cm³/mol. The Balaban J connectivity index is 2.31. The lowest BCUT2D eigenvalue weighted by molar-refractivity contribution is -0.124. The highest BCUT2D eigenvalue weighted by molar-refractivity contribution is 7.99. The van der Waals surface area contributed by atoms with Crippen LogP contribution < -0.4 is 16.6 Å². The molecule has 1 atom stereocenters. The van der Waals surface area contributed by atoms with Crippen molar-refractivity contribution in [1.82, 2.24) is 15.3 Å². The van der Waals surface area contributed by atoms with Crippen LogP contribution in [0, 0.1) is 0 Å². The van der Waals surface area contributed by atoms with Gasteiger partial charge in [-0.15, -0.1) is 0 Å². The van der Waals surface area contributed by atoms with E-state index in [2.05, 4.69) is 22.2 Å². The first kappa shape index (κ1) is 17.7. The van der Waals surface area contributed by atoms with Crippen molar-refractivity contribution in [2.75, 3.05) is 12.3 Å². The van der Waals surface area contributed by atoms with Gasteiger partial charge in [-0.25, -0.2) is 4.98 Å². The molecule has 1 unspecified atom stereocenters. The summed E-state index contributed by atoms with van der Waals surface area (Å²) in [5.74, 6) is 0.535. The number of aromatic nitrogens is 2. The molecule has 6 nitrogen and oxygen atoms in total. The van der Waals surface area contributed by atoms with Gasteiger partial charge >= 0.3 is 0 Å². The van der Waals surface area contributed by atoms with Crippen molar-refractivity contribution < 1.29 is 4.79 Å². The lowest BCUT2D eigenvalue weighted by atomic mass is 9.94. The Morgan fingerprint density at radius 2 is 2.29 bits per heavy atom. The molecule has 7 heteroatoms. The Kier molecular flexibility index (Phi) is 7.45. The molecule has 0 saturated heterocycles. The average Bonchev–Trinajstić information content (AvgIpc) is 2.44. The molecule has 0 aliphatic heterocycles. The number of amides is 1. The third kappa shape index (κ3) is 6.31. The minimum Gasteiger partial charge on any atom is -0.368 e. The van der Waals surface area contributed by atoms with Crippen molar-refractivity contribution in [3.63, 3.8) is 0 Å². The van der Waals surface area contributed by atoms with Gasteiger partial charge in [-0.3, -0.25) is 9.59 Å². The maximum atomic E-state index is 11.6. The van der Waals surface area contributed by atoms with Gasteiger partial charge in [0.05, 0.1) is 5.54 Å². The lowest BCUT2D eigenvalue weighted by Crippen LogP contribution is -2.53. The molecule has 0 aliphatic rings. The van der Waals surface area contributed by atoms with Crippen molar-refractivity contribution >= 4 is 17.7 Å². The van der Waals surface area contributed by atoms with Gasteiger partial charge < -0.3 is 16.0 Å². The highest BCUT2D eigenvalue weighted by atomic mass is 32.2. The molecule has 0 radical (unpaired) electrons. The van der Waals surface area contributed by atoms with Gasteiger partial charge in [0.1, 0.15) is 0 Å². The van der Waals surface area contributed by atoms with Gasteiger partial charge in [0.2, 0.25) is 5.91 Å². The van der Waals surface area contributed by atoms with Crippen molar-refractivity contribution in [2.24, 2.45) is 5.73 Å². The van der Waals surface area contributed by atoms with Crippen LogP contribution in [-0.2, 0) is 4.79 Å². The van der Waals surface area contributed by atoms with E-state index in [0.29, 0.717) is 11.6 Å². The van der Waals surface area contributed by atoms with Gasteiger partial charge in [-0.05, 0) is 32.7 Å². The molecular formula is C14H24N4O2S. The molecule has 0 aliphatic carbocycles. The van der Waals surface area contributed by atoms with E-state index in [1.165, 1.54) is 24.0 Å². The number of aromatic amines is 1. The summed E-state index contributed by atoms with van der Waals surface area (Å²) in [6, 6.07) is 1.39. The Labute approximate surface area is 129 Å². The molecule has 0 spiro atoms. The fourth-order valence-electron chi connectivity index (χ4n) is 1.87. The molecule has 118 valence electrons. The summed E-state index contributed by atoms with van der Waals surface area (Å²) < 4.78 is 0. The molecule has 4 N–H and O–H groups in total. The van der Waals surface area contributed by atoms with E-state index >= 15 is 0 Å². The number of thioether (sulfide) groups is 1. The molecule has 1 aromatic heterocycles. The number of primary amides is 1. The number of carbonyl (C=O) groups is 1. The van der Waals surface area contributed by atoms with Crippen LogP contribution >= 0.6 is 11.8 Å². The van der Waals surface area contributed by atoms with Crippen LogP contribution in [0.15, 0.2) is 22.2 Å². The third-order valence-corrected chi connectivity index (χ3v) is 4.24. The molecule has 1 heterocycles. The number of hydrogen-bond acceptors (Lipinski definition) is 5. The highest BCUT2D eigenvalue weighted by Gasteiger charge is 2.29. The second-order valence-corrected chi connectivity index (χ2v) is 6.25. The standard InChI is InChI=1S/C14H24N4O2S/c1-3-8-17-14(2,12(15)20)7-4-5-10-21-13-16-9-6-11(19)18-13/h6,9,17H,3-5,7-8,10H2,1-2H3,(H2,15,20)(H,16,18,19). The zero-order chi connectivity index (χ0) is 15.7. The van der Waals surface area contributed by atoms with Crippen molar-refractivity contribution in [1.29, 1.82) is 0 Å². The van der Waals surface area contributed by atoms with Gasteiger partial charge in [0.25, 0.3) is 5.56 Å². The minimum absolute atomic E-state index is 0.141. The number of H-pyrrole nitrogens is 1. The molecule has 0 fully saturated rings. The van der Waals surface area contributed by atoms with Crippen LogP contribution in [0.2, 0.25) is 0 Å². The molecule has 0 aromatic carbocycles. The topological polar surface area (TPSA) is 101 Å². The number of hydrogen-bond donors (Lipinski definition) is 3. The molecule has 21 heavy (non-hydrogen) atoms. The fourth-order valence-corrected chi connectivity index (χ4v) is 2.72. The number of nitrogens with two attached hydrogens (primary N) is 1. The number of nitrogens with one attached hydrogen (secondary N) is 2. The predicted octanol–water partition coefficient (Wildman–Crippen LogP) is 1.28. The summed E-state index contributed by atoms with van der Waals surface area (Å²) in [5.41, 5.74) is 4.70. The van der Waals surface area contributed by atoms with Crippen molar-refractivity contribution in [3.8, 4) is 0 Å².